The Labute approximate surface area is 124 Å². The van der Waals surface area contributed by atoms with Crippen molar-refractivity contribution < 1.29 is 0 Å². The minimum atomic E-state index is 0.518. The third kappa shape index (κ3) is 3.21. The number of aromatic nitrogens is 1. The van der Waals surface area contributed by atoms with E-state index in [0.717, 1.165) is 29.9 Å². The Hall–Kier alpha value is -2.38. The van der Waals surface area contributed by atoms with Crippen molar-refractivity contribution in [2.24, 2.45) is 0 Å². The molecule has 1 aliphatic carbocycles. The smallest absolute Gasteiger partial charge is 0.144 e. The maximum atomic E-state index is 9.17. The van der Waals surface area contributed by atoms with Crippen LogP contribution < -0.4 is 5.73 Å². The van der Waals surface area contributed by atoms with Crippen molar-refractivity contribution in [3.8, 4) is 6.07 Å². The highest BCUT2D eigenvalue weighted by molar-refractivity contribution is 5.46. The number of nitrogens with zero attached hydrogens (tertiary/aromatic N) is 3. The van der Waals surface area contributed by atoms with E-state index in [1.807, 2.05) is 30.3 Å². The molecular weight excluding hydrogens is 260 g/mol. The van der Waals surface area contributed by atoms with E-state index in [1.54, 1.807) is 6.20 Å². The highest BCUT2D eigenvalue weighted by atomic mass is 15.2. The number of pyridine rings is 1. The molecule has 1 aromatic heterocycles. The monoisotopic (exact) mass is 278 g/mol. The number of anilines is 1. The Balaban J connectivity index is 1.80. The summed E-state index contributed by atoms with van der Waals surface area (Å²) in [5, 5.41) is 9.17. The third-order valence-corrected chi connectivity index (χ3v) is 3.86. The summed E-state index contributed by atoms with van der Waals surface area (Å²) in [4.78, 5) is 6.53. The van der Waals surface area contributed by atoms with Gasteiger partial charge >= 0.3 is 0 Å². The number of benzene rings is 1. The van der Waals surface area contributed by atoms with Crippen molar-refractivity contribution in [1.82, 2.24) is 9.88 Å². The van der Waals surface area contributed by atoms with Gasteiger partial charge in [-0.1, -0.05) is 24.3 Å². The van der Waals surface area contributed by atoms with Crippen molar-refractivity contribution in [1.29, 1.82) is 5.26 Å². The van der Waals surface area contributed by atoms with Gasteiger partial charge in [-0.05, 0) is 30.5 Å². The molecule has 0 aliphatic heterocycles. The molecule has 1 saturated carbocycles. The highest BCUT2D eigenvalue weighted by Gasteiger charge is 2.29. The molecule has 3 rings (SSSR count). The second-order valence-electron chi connectivity index (χ2n) is 5.46. The first kappa shape index (κ1) is 13.6. The molecule has 0 atom stereocenters. The van der Waals surface area contributed by atoms with E-state index >= 15 is 0 Å². The van der Waals surface area contributed by atoms with E-state index in [1.165, 1.54) is 12.8 Å². The van der Waals surface area contributed by atoms with Crippen LogP contribution in [0, 0.1) is 11.3 Å². The van der Waals surface area contributed by atoms with E-state index in [9.17, 15) is 0 Å². The predicted molar refractivity (Wildman–Crippen MR) is 82.1 cm³/mol. The van der Waals surface area contributed by atoms with Crippen molar-refractivity contribution in [3.05, 3.63) is 59.4 Å². The van der Waals surface area contributed by atoms with E-state index in [-0.39, 0.29) is 0 Å². The molecule has 0 radical (unpaired) electrons. The van der Waals surface area contributed by atoms with Crippen molar-refractivity contribution in [3.63, 3.8) is 0 Å². The zero-order valence-electron chi connectivity index (χ0n) is 11.9. The highest BCUT2D eigenvalue weighted by Crippen LogP contribution is 2.31. The van der Waals surface area contributed by atoms with Crippen LogP contribution in [0.25, 0.3) is 0 Å². The van der Waals surface area contributed by atoms with E-state index in [2.05, 4.69) is 22.0 Å². The predicted octanol–water partition coefficient (Wildman–Crippen LogP) is 2.70. The number of hydrogen-bond donors (Lipinski definition) is 1. The van der Waals surface area contributed by atoms with Crippen LogP contribution in [0.1, 0.15) is 29.7 Å². The van der Waals surface area contributed by atoms with Gasteiger partial charge < -0.3 is 5.73 Å². The second kappa shape index (κ2) is 5.94. The lowest BCUT2D eigenvalue weighted by atomic mass is 10.1. The molecule has 4 heteroatoms. The zero-order valence-corrected chi connectivity index (χ0v) is 11.9. The van der Waals surface area contributed by atoms with Crippen LogP contribution in [-0.2, 0) is 13.1 Å². The normalized spacial score (nSPS) is 14.1. The van der Waals surface area contributed by atoms with Crippen LogP contribution in [0.5, 0.6) is 0 Å². The average Bonchev–Trinajstić information content (AvgIpc) is 3.34. The van der Waals surface area contributed by atoms with Gasteiger partial charge in [0.05, 0.1) is 0 Å². The molecule has 1 aromatic carbocycles. The fourth-order valence-electron chi connectivity index (χ4n) is 2.54. The van der Waals surface area contributed by atoms with Crippen molar-refractivity contribution >= 4 is 5.69 Å². The topological polar surface area (TPSA) is 65.9 Å². The Morgan fingerprint density at radius 1 is 1.14 bits per heavy atom. The van der Waals surface area contributed by atoms with Gasteiger partial charge in [0, 0.05) is 36.6 Å². The van der Waals surface area contributed by atoms with Gasteiger partial charge in [-0.2, -0.15) is 5.26 Å². The molecule has 0 bridgehead atoms. The van der Waals surface area contributed by atoms with Gasteiger partial charge in [0.15, 0.2) is 0 Å². The first-order chi connectivity index (χ1) is 10.3. The largest absolute Gasteiger partial charge is 0.398 e. The summed E-state index contributed by atoms with van der Waals surface area (Å²) in [5.41, 5.74) is 9.53. The van der Waals surface area contributed by atoms with Gasteiger partial charge in [0.25, 0.3) is 0 Å². The number of nitriles is 1. The van der Waals surface area contributed by atoms with Gasteiger partial charge in [-0.3, -0.25) is 4.90 Å². The molecule has 1 fully saturated rings. The summed E-state index contributed by atoms with van der Waals surface area (Å²) in [5.74, 6) is 0. The van der Waals surface area contributed by atoms with Gasteiger partial charge in [0.2, 0.25) is 0 Å². The molecule has 0 unspecified atom stereocenters. The number of rotatable bonds is 5. The summed E-state index contributed by atoms with van der Waals surface area (Å²) >= 11 is 0. The Morgan fingerprint density at radius 2 is 1.86 bits per heavy atom. The lowest BCUT2D eigenvalue weighted by Gasteiger charge is -2.23. The van der Waals surface area contributed by atoms with Crippen LogP contribution in [0.4, 0.5) is 5.69 Å². The Morgan fingerprint density at radius 3 is 2.57 bits per heavy atom. The molecule has 2 N–H and O–H groups in total. The Kier molecular flexibility index (Phi) is 3.85. The van der Waals surface area contributed by atoms with Crippen LogP contribution in [0.2, 0.25) is 0 Å². The number of nitrogen functional groups attached to an aromatic ring is 1. The molecule has 0 spiro atoms. The molecule has 2 aromatic rings. The number of nitrogens with two attached hydrogens (primary N) is 1. The van der Waals surface area contributed by atoms with Gasteiger partial charge in [0.1, 0.15) is 11.8 Å². The first-order valence-electron chi connectivity index (χ1n) is 7.19. The zero-order chi connectivity index (χ0) is 14.7. The summed E-state index contributed by atoms with van der Waals surface area (Å²) in [6.07, 6.45) is 4.10. The number of hydrogen-bond acceptors (Lipinski definition) is 4. The summed E-state index contributed by atoms with van der Waals surface area (Å²) in [7, 11) is 0. The minimum absolute atomic E-state index is 0.518. The SMILES string of the molecule is N#Cc1ncccc1CN(Cc1ccccc1N)C1CC1. The minimum Gasteiger partial charge on any atom is -0.398 e. The lowest BCUT2D eigenvalue weighted by Crippen LogP contribution is -2.26. The molecule has 1 heterocycles. The average molecular weight is 278 g/mol. The van der Waals surface area contributed by atoms with Crippen molar-refractivity contribution in [2.75, 3.05) is 5.73 Å². The third-order valence-electron chi connectivity index (χ3n) is 3.86. The first-order valence-corrected chi connectivity index (χ1v) is 7.19. The van der Waals surface area contributed by atoms with E-state index < -0.39 is 0 Å². The molecule has 0 amide bonds. The summed E-state index contributed by atoms with van der Waals surface area (Å²) in [6.45, 7) is 1.56. The van der Waals surface area contributed by atoms with Crippen LogP contribution in [0.15, 0.2) is 42.6 Å². The summed E-state index contributed by atoms with van der Waals surface area (Å²) in [6, 6.07) is 14.6. The second-order valence-corrected chi connectivity index (χ2v) is 5.46. The van der Waals surface area contributed by atoms with Crippen LogP contribution in [-0.4, -0.2) is 15.9 Å². The van der Waals surface area contributed by atoms with Crippen LogP contribution in [0.3, 0.4) is 0 Å². The van der Waals surface area contributed by atoms with E-state index in [4.69, 9.17) is 11.0 Å². The quantitative estimate of drug-likeness (QED) is 0.854. The van der Waals surface area contributed by atoms with Gasteiger partial charge in [-0.15, -0.1) is 0 Å². The maximum Gasteiger partial charge on any atom is 0.144 e. The van der Waals surface area contributed by atoms with Crippen LogP contribution >= 0.6 is 0 Å². The number of para-hydroxylation sites is 1. The van der Waals surface area contributed by atoms with Gasteiger partial charge in [-0.25, -0.2) is 4.98 Å². The standard InChI is InChI=1S/C17H18N4/c18-10-17-14(5-3-9-20-17)12-21(15-7-8-15)11-13-4-1-2-6-16(13)19/h1-6,9,15H,7-8,11-12,19H2. The molecule has 21 heavy (non-hydrogen) atoms. The fourth-order valence-corrected chi connectivity index (χ4v) is 2.54. The molecule has 106 valence electrons. The molecule has 1 aliphatic rings. The molecule has 0 saturated heterocycles. The Bertz CT molecular complexity index is 670. The molecule has 4 nitrogen and oxygen atoms in total. The summed E-state index contributed by atoms with van der Waals surface area (Å²) < 4.78 is 0. The maximum absolute atomic E-state index is 9.17. The lowest BCUT2D eigenvalue weighted by molar-refractivity contribution is 0.245. The van der Waals surface area contributed by atoms with E-state index in [0.29, 0.717) is 11.7 Å². The van der Waals surface area contributed by atoms with Crippen molar-refractivity contribution in [2.45, 2.75) is 32.0 Å². The fraction of sp³-hybridized carbons (Fsp3) is 0.294. The molecular formula is C17H18N4.